The molecule has 0 spiro atoms. The van der Waals surface area contributed by atoms with Crippen LogP contribution in [0.1, 0.15) is 36.1 Å². The van der Waals surface area contributed by atoms with Gasteiger partial charge < -0.3 is 9.84 Å². The standard InChI is InChI=1S/C26H23ClN2O4/c1-3-12-33-21-10-9-17(13-16(21)2)24(30)22-23(18-6-5-11-28-15-18)29(26(32)25(22)31)20-8-4-7-19(27)14-20/h4-11,13-15,23,30H,3,12H2,1-2H3/b24-22+. The van der Waals surface area contributed by atoms with Crippen LogP contribution in [0, 0.1) is 6.92 Å². The number of amides is 1. The number of Topliss-reactive ketones (excluding diaryl/α,β-unsaturated/α-hetero) is 1. The fourth-order valence-electron chi connectivity index (χ4n) is 3.90. The number of carbonyl (C=O) groups is 2. The fraction of sp³-hybridized carbons (Fsp3) is 0.192. The van der Waals surface area contributed by atoms with Crippen molar-refractivity contribution in [3.8, 4) is 5.75 Å². The molecule has 1 N–H and O–H groups in total. The highest BCUT2D eigenvalue weighted by Gasteiger charge is 2.47. The number of rotatable bonds is 6. The van der Waals surface area contributed by atoms with Gasteiger partial charge in [0.25, 0.3) is 11.7 Å². The molecule has 1 aromatic heterocycles. The molecule has 1 saturated heterocycles. The number of aryl methyl sites for hydroxylation is 1. The largest absolute Gasteiger partial charge is 0.507 e. The molecule has 33 heavy (non-hydrogen) atoms. The number of aliphatic hydroxyl groups excluding tert-OH is 1. The van der Waals surface area contributed by atoms with Crippen molar-refractivity contribution >= 4 is 34.7 Å². The Morgan fingerprint density at radius 2 is 1.97 bits per heavy atom. The van der Waals surface area contributed by atoms with E-state index in [9.17, 15) is 14.7 Å². The van der Waals surface area contributed by atoms with Crippen LogP contribution in [0.15, 0.2) is 72.6 Å². The second kappa shape index (κ2) is 9.46. The lowest BCUT2D eigenvalue weighted by atomic mass is 9.95. The predicted octanol–water partition coefficient (Wildman–Crippen LogP) is 5.46. The van der Waals surface area contributed by atoms with Crippen molar-refractivity contribution in [1.82, 2.24) is 4.98 Å². The first-order chi connectivity index (χ1) is 15.9. The van der Waals surface area contributed by atoms with Crippen molar-refractivity contribution in [2.45, 2.75) is 26.3 Å². The van der Waals surface area contributed by atoms with Gasteiger partial charge in [0, 0.05) is 28.7 Å². The van der Waals surface area contributed by atoms with Gasteiger partial charge in [-0.25, -0.2) is 0 Å². The molecule has 0 radical (unpaired) electrons. The second-order valence-corrected chi connectivity index (χ2v) is 8.20. The van der Waals surface area contributed by atoms with Crippen LogP contribution in [0.2, 0.25) is 5.02 Å². The quantitative estimate of drug-likeness (QED) is 0.299. The van der Waals surface area contributed by atoms with Gasteiger partial charge in [0.05, 0.1) is 18.2 Å². The highest BCUT2D eigenvalue weighted by Crippen LogP contribution is 2.42. The third-order valence-corrected chi connectivity index (χ3v) is 5.68. The molecule has 4 rings (SSSR count). The number of carbonyl (C=O) groups excluding carboxylic acids is 2. The van der Waals surface area contributed by atoms with Crippen molar-refractivity contribution in [1.29, 1.82) is 0 Å². The number of pyridine rings is 1. The molecular formula is C26H23ClN2O4. The number of hydrogen-bond acceptors (Lipinski definition) is 5. The van der Waals surface area contributed by atoms with Crippen LogP contribution in [0.25, 0.3) is 5.76 Å². The molecule has 2 heterocycles. The Labute approximate surface area is 197 Å². The summed E-state index contributed by atoms with van der Waals surface area (Å²) in [5.41, 5.74) is 2.29. The molecule has 3 aromatic rings. The van der Waals surface area contributed by atoms with Crippen molar-refractivity contribution in [2.24, 2.45) is 0 Å². The number of ether oxygens (including phenoxy) is 1. The molecule has 1 aliphatic heterocycles. The Bertz CT molecular complexity index is 1240. The lowest BCUT2D eigenvalue weighted by Gasteiger charge is -2.25. The van der Waals surface area contributed by atoms with E-state index in [1.165, 1.54) is 4.90 Å². The first-order valence-electron chi connectivity index (χ1n) is 10.6. The van der Waals surface area contributed by atoms with E-state index < -0.39 is 17.7 Å². The van der Waals surface area contributed by atoms with Gasteiger partial charge in [0.2, 0.25) is 0 Å². The molecule has 2 aromatic carbocycles. The molecule has 6 nitrogen and oxygen atoms in total. The Morgan fingerprint density at radius 3 is 2.64 bits per heavy atom. The zero-order valence-corrected chi connectivity index (χ0v) is 19.0. The fourth-order valence-corrected chi connectivity index (χ4v) is 4.09. The van der Waals surface area contributed by atoms with Crippen molar-refractivity contribution in [3.63, 3.8) is 0 Å². The lowest BCUT2D eigenvalue weighted by Crippen LogP contribution is -2.29. The van der Waals surface area contributed by atoms with Crippen molar-refractivity contribution in [3.05, 3.63) is 94.3 Å². The third kappa shape index (κ3) is 4.34. The van der Waals surface area contributed by atoms with Gasteiger partial charge in [-0.15, -0.1) is 0 Å². The van der Waals surface area contributed by atoms with Gasteiger partial charge in [-0.1, -0.05) is 30.7 Å². The molecule has 168 valence electrons. The maximum atomic E-state index is 13.2. The second-order valence-electron chi connectivity index (χ2n) is 7.76. The van der Waals surface area contributed by atoms with Gasteiger partial charge in [0.1, 0.15) is 11.5 Å². The van der Waals surface area contributed by atoms with Gasteiger partial charge in [-0.3, -0.25) is 19.5 Å². The monoisotopic (exact) mass is 462 g/mol. The SMILES string of the molecule is CCCOc1ccc(/C(O)=C2\C(=O)C(=O)N(c3cccc(Cl)c3)C2c2cccnc2)cc1C. The Kier molecular flexibility index (Phi) is 6.47. The molecular weight excluding hydrogens is 440 g/mol. The Morgan fingerprint density at radius 1 is 1.15 bits per heavy atom. The summed E-state index contributed by atoms with van der Waals surface area (Å²) in [6.45, 7) is 4.47. The minimum Gasteiger partial charge on any atom is -0.507 e. The molecule has 1 atom stereocenters. The summed E-state index contributed by atoms with van der Waals surface area (Å²) in [6.07, 6.45) is 4.06. The van der Waals surface area contributed by atoms with Crippen LogP contribution in [0.5, 0.6) is 5.75 Å². The number of aromatic nitrogens is 1. The molecule has 0 saturated carbocycles. The summed E-state index contributed by atoms with van der Waals surface area (Å²) in [5, 5.41) is 11.7. The number of anilines is 1. The van der Waals surface area contributed by atoms with E-state index in [0.29, 0.717) is 34.2 Å². The van der Waals surface area contributed by atoms with Gasteiger partial charge in [-0.2, -0.15) is 0 Å². The van der Waals surface area contributed by atoms with Crippen LogP contribution in [-0.2, 0) is 9.59 Å². The van der Waals surface area contributed by atoms with E-state index in [-0.39, 0.29) is 11.3 Å². The first-order valence-corrected chi connectivity index (χ1v) is 11.0. The summed E-state index contributed by atoms with van der Waals surface area (Å²) in [7, 11) is 0. The van der Waals surface area contributed by atoms with E-state index in [2.05, 4.69) is 4.98 Å². The summed E-state index contributed by atoms with van der Waals surface area (Å²) in [4.78, 5) is 31.8. The number of nitrogens with zero attached hydrogens (tertiary/aromatic N) is 2. The zero-order valence-electron chi connectivity index (χ0n) is 18.3. The van der Waals surface area contributed by atoms with Crippen LogP contribution >= 0.6 is 11.6 Å². The highest BCUT2D eigenvalue weighted by atomic mass is 35.5. The molecule has 0 bridgehead atoms. The maximum absolute atomic E-state index is 13.2. The van der Waals surface area contributed by atoms with Gasteiger partial charge >= 0.3 is 0 Å². The van der Waals surface area contributed by atoms with Crippen LogP contribution in [0.3, 0.4) is 0 Å². The van der Waals surface area contributed by atoms with Crippen LogP contribution < -0.4 is 9.64 Å². The minimum absolute atomic E-state index is 0.00500. The third-order valence-electron chi connectivity index (χ3n) is 5.44. The van der Waals surface area contributed by atoms with Crippen molar-refractivity contribution < 1.29 is 19.4 Å². The molecule has 0 aliphatic carbocycles. The van der Waals surface area contributed by atoms with Gasteiger partial charge in [-0.05, 0) is 66.9 Å². The Balaban J connectivity index is 1.87. The molecule has 7 heteroatoms. The summed E-state index contributed by atoms with van der Waals surface area (Å²) < 4.78 is 5.71. The summed E-state index contributed by atoms with van der Waals surface area (Å²) >= 11 is 6.16. The minimum atomic E-state index is -0.853. The number of hydrogen-bond donors (Lipinski definition) is 1. The summed E-state index contributed by atoms with van der Waals surface area (Å²) in [6, 6.07) is 14.5. The van der Waals surface area contributed by atoms with E-state index in [1.54, 1.807) is 67.0 Å². The normalized spacial score (nSPS) is 17.4. The van der Waals surface area contributed by atoms with Crippen molar-refractivity contribution in [2.75, 3.05) is 11.5 Å². The maximum Gasteiger partial charge on any atom is 0.300 e. The smallest absolute Gasteiger partial charge is 0.300 e. The van der Waals surface area contributed by atoms with Crippen LogP contribution in [0.4, 0.5) is 5.69 Å². The number of halogens is 1. The van der Waals surface area contributed by atoms with E-state index >= 15 is 0 Å². The predicted molar refractivity (Wildman–Crippen MR) is 127 cm³/mol. The highest BCUT2D eigenvalue weighted by molar-refractivity contribution is 6.51. The van der Waals surface area contributed by atoms with E-state index in [1.807, 2.05) is 13.8 Å². The average molecular weight is 463 g/mol. The molecule has 1 aliphatic rings. The average Bonchev–Trinajstić information content (AvgIpc) is 3.09. The van der Waals surface area contributed by atoms with Crippen LogP contribution in [-0.4, -0.2) is 28.4 Å². The molecule has 1 fully saturated rings. The molecule has 1 unspecified atom stereocenters. The topological polar surface area (TPSA) is 79.7 Å². The Hall–Kier alpha value is -3.64. The van der Waals surface area contributed by atoms with Gasteiger partial charge in [0.15, 0.2) is 0 Å². The zero-order chi connectivity index (χ0) is 23.5. The first kappa shape index (κ1) is 22.6. The number of ketones is 1. The number of aliphatic hydroxyl groups is 1. The van der Waals surface area contributed by atoms with E-state index in [0.717, 1.165) is 12.0 Å². The lowest BCUT2D eigenvalue weighted by molar-refractivity contribution is -0.132. The molecule has 1 amide bonds. The number of benzene rings is 2. The van der Waals surface area contributed by atoms with E-state index in [4.69, 9.17) is 16.3 Å². The summed E-state index contributed by atoms with van der Waals surface area (Å²) in [5.74, 6) is -1.06.